The Balaban J connectivity index is 1.71. The number of aliphatic hydroxyl groups is 2. The predicted octanol–water partition coefficient (Wildman–Crippen LogP) is 3.14. The fourth-order valence-electron chi connectivity index (χ4n) is 4.10. The van der Waals surface area contributed by atoms with Crippen LogP contribution in [0.3, 0.4) is 0 Å². The summed E-state index contributed by atoms with van der Waals surface area (Å²) in [6, 6.07) is 5.33. The molecule has 4 rings (SSSR count). The predicted molar refractivity (Wildman–Crippen MR) is 132 cm³/mol. The van der Waals surface area contributed by atoms with E-state index in [1.54, 1.807) is 32.3 Å². The number of halogens is 4. The number of thioether (sulfide) groups is 1. The van der Waals surface area contributed by atoms with Crippen LogP contribution in [0.25, 0.3) is 11.3 Å². The van der Waals surface area contributed by atoms with Gasteiger partial charge in [-0.1, -0.05) is 28.6 Å². The minimum atomic E-state index is -1.61. The third kappa shape index (κ3) is 5.53. The van der Waals surface area contributed by atoms with Gasteiger partial charge in [0, 0.05) is 36.7 Å². The SMILES string of the molecule is COC1[C@@H](Sc2cc(Cl)ccc2C(=O)N(C)C)OC(CO)[C@H](O)[C@@H]1n1cc(-c2cc(F)c(F)c(F)c2)nn1. The Hall–Kier alpha value is -2.68. The molecule has 0 bridgehead atoms. The van der Waals surface area contributed by atoms with Crippen molar-refractivity contribution in [3.05, 3.63) is 64.6 Å². The lowest BCUT2D eigenvalue weighted by molar-refractivity contribution is -0.186. The Kier molecular flexibility index (Phi) is 8.65. The van der Waals surface area contributed by atoms with Gasteiger partial charge in [-0.25, -0.2) is 17.9 Å². The number of aliphatic hydroxyl groups excluding tert-OH is 2. The molecule has 1 amide bonds. The molecule has 0 aliphatic carbocycles. The van der Waals surface area contributed by atoms with Crippen molar-refractivity contribution >= 4 is 29.3 Å². The average Bonchev–Trinajstić information content (AvgIpc) is 3.37. The molecule has 1 aromatic heterocycles. The summed E-state index contributed by atoms with van der Waals surface area (Å²) >= 11 is 7.30. The molecule has 1 aliphatic heterocycles. The second-order valence-electron chi connectivity index (χ2n) is 8.70. The van der Waals surface area contributed by atoms with E-state index < -0.39 is 53.8 Å². The van der Waals surface area contributed by atoms with Crippen molar-refractivity contribution in [1.29, 1.82) is 0 Å². The highest BCUT2D eigenvalue weighted by Crippen LogP contribution is 2.41. The highest BCUT2D eigenvalue weighted by molar-refractivity contribution is 8.00. The summed E-state index contributed by atoms with van der Waals surface area (Å²) in [4.78, 5) is 14.6. The van der Waals surface area contributed by atoms with Crippen LogP contribution in [0.2, 0.25) is 5.02 Å². The number of amides is 1. The zero-order chi connectivity index (χ0) is 27.7. The molecule has 14 heteroatoms. The summed E-state index contributed by atoms with van der Waals surface area (Å²) in [7, 11) is 4.60. The largest absolute Gasteiger partial charge is 0.394 e. The molecule has 1 saturated heterocycles. The minimum absolute atomic E-state index is 0.00908. The molecule has 9 nitrogen and oxygen atoms in total. The molecule has 3 aromatic rings. The molecule has 38 heavy (non-hydrogen) atoms. The van der Waals surface area contributed by atoms with Gasteiger partial charge in [0.1, 0.15) is 35.5 Å². The number of rotatable bonds is 7. The number of hydrogen-bond acceptors (Lipinski definition) is 8. The maximum Gasteiger partial charge on any atom is 0.254 e. The first-order valence-corrected chi connectivity index (χ1v) is 12.5. The van der Waals surface area contributed by atoms with E-state index in [0.717, 1.165) is 23.9 Å². The molecular formula is C24H24ClF3N4O5S. The number of nitrogens with zero attached hydrogens (tertiary/aromatic N) is 4. The Morgan fingerprint density at radius 1 is 1.24 bits per heavy atom. The summed E-state index contributed by atoms with van der Waals surface area (Å²) in [5.41, 5.74) is -0.575. The standard InChI is InChI=1S/C24H24ClF3N4O5S/c1-31(2)23(35)13-5-4-12(25)8-18(13)38-24-22(36-3)20(21(34)17(10-33)37-24)32-9-16(29-30-32)11-6-14(26)19(28)15(27)7-11/h4-9,17,20-22,24,33-34H,10H2,1-3H3/t17?,20-,21-,22?,24+/m0/s1. The normalized spacial score (nSPS) is 23.4. The van der Waals surface area contributed by atoms with Crippen molar-refractivity contribution in [2.75, 3.05) is 27.8 Å². The molecule has 2 unspecified atom stereocenters. The monoisotopic (exact) mass is 572 g/mol. The summed E-state index contributed by atoms with van der Waals surface area (Å²) in [6.45, 7) is -0.555. The van der Waals surface area contributed by atoms with Gasteiger partial charge in [-0.3, -0.25) is 4.79 Å². The van der Waals surface area contributed by atoms with Crippen molar-refractivity contribution in [1.82, 2.24) is 19.9 Å². The molecule has 1 fully saturated rings. The maximum atomic E-state index is 13.8. The van der Waals surface area contributed by atoms with E-state index in [-0.39, 0.29) is 17.2 Å². The van der Waals surface area contributed by atoms with Crippen LogP contribution >= 0.6 is 23.4 Å². The second kappa shape index (κ2) is 11.6. The van der Waals surface area contributed by atoms with Crippen molar-refractivity contribution in [3.63, 3.8) is 0 Å². The number of aromatic nitrogens is 3. The van der Waals surface area contributed by atoms with Gasteiger partial charge in [-0.2, -0.15) is 0 Å². The second-order valence-corrected chi connectivity index (χ2v) is 10.3. The summed E-state index contributed by atoms with van der Waals surface area (Å²) < 4.78 is 53.8. The Morgan fingerprint density at radius 3 is 2.53 bits per heavy atom. The van der Waals surface area contributed by atoms with Gasteiger partial charge in [0.25, 0.3) is 5.91 Å². The van der Waals surface area contributed by atoms with E-state index in [0.29, 0.717) is 15.5 Å². The van der Waals surface area contributed by atoms with E-state index in [4.69, 9.17) is 21.1 Å². The highest BCUT2D eigenvalue weighted by Gasteiger charge is 2.47. The van der Waals surface area contributed by atoms with Gasteiger partial charge in [-0.15, -0.1) is 5.10 Å². The molecular weight excluding hydrogens is 549 g/mol. The van der Waals surface area contributed by atoms with Crippen molar-refractivity contribution in [2.45, 2.75) is 34.7 Å². The van der Waals surface area contributed by atoms with Crippen LogP contribution in [-0.2, 0) is 9.47 Å². The Bertz CT molecular complexity index is 1310. The number of hydrogen-bond donors (Lipinski definition) is 2. The van der Waals surface area contributed by atoms with Crippen molar-refractivity contribution < 1.29 is 37.7 Å². The van der Waals surface area contributed by atoms with Crippen LogP contribution in [0.5, 0.6) is 0 Å². The van der Waals surface area contributed by atoms with E-state index >= 15 is 0 Å². The highest BCUT2D eigenvalue weighted by atomic mass is 35.5. The molecule has 0 radical (unpaired) electrons. The molecule has 2 heterocycles. The fourth-order valence-corrected chi connectivity index (χ4v) is 5.67. The van der Waals surface area contributed by atoms with E-state index in [9.17, 15) is 28.2 Å². The number of ether oxygens (including phenoxy) is 2. The molecule has 0 spiro atoms. The summed E-state index contributed by atoms with van der Waals surface area (Å²) in [5.74, 6) is -4.67. The number of methoxy groups -OCH3 is 1. The van der Waals surface area contributed by atoms with Crippen LogP contribution < -0.4 is 0 Å². The van der Waals surface area contributed by atoms with Crippen molar-refractivity contribution in [3.8, 4) is 11.3 Å². The first kappa shape index (κ1) is 28.3. The zero-order valence-corrected chi connectivity index (χ0v) is 22.0. The molecule has 2 aromatic carbocycles. The third-order valence-corrected chi connectivity index (χ3v) is 7.45. The van der Waals surface area contributed by atoms with Gasteiger partial charge in [-0.05, 0) is 30.3 Å². The van der Waals surface area contributed by atoms with Gasteiger partial charge in [0.2, 0.25) is 0 Å². The van der Waals surface area contributed by atoms with E-state index in [2.05, 4.69) is 10.3 Å². The molecule has 204 valence electrons. The lowest BCUT2D eigenvalue weighted by Crippen LogP contribution is -2.55. The smallest absolute Gasteiger partial charge is 0.254 e. The topological polar surface area (TPSA) is 110 Å². The zero-order valence-electron chi connectivity index (χ0n) is 20.4. The van der Waals surface area contributed by atoms with Crippen LogP contribution in [0.1, 0.15) is 16.4 Å². The van der Waals surface area contributed by atoms with Gasteiger partial charge in [0.15, 0.2) is 17.5 Å². The van der Waals surface area contributed by atoms with Crippen LogP contribution in [0.4, 0.5) is 13.2 Å². The maximum absolute atomic E-state index is 13.8. The number of benzene rings is 2. The van der Waals surface area contributed by atoms with Crippen LogP contribution in [0, 0.1) is 17.5 Å². The Labute approximate surface area is 225 Å². The number of carbonyl (C=O) groups excluding carboxylic acids is 1. The van der Waals surface area contributed by atoms with Gasteiger partial charge in [0.05, 0.1) is 18.4 Å². The minimum Gasteiger partial charge on any atom is -0.394 e. The van der Waals surface area contributed by atoms with Crippen LogP contribution in [-0.4, -0.2) is 87.6 Å². The Morgan fingerprint density at radius 2 is 1.92 bits per heavy atom. The van der Waals surface area contributed by atoms with E-state index in [1.807, 2.05) is 0 Å². The van der Waals surface area contributed by atoms with E-state index in [1.165, 1.54) is 22.9 Å². The van der Waals surface area contributed by atoms with Crippen molar-refractivity contribution in [2.24, 2.45) is 0 Å². The fraction of sp³-hybridized carbons (Fsp3) is 0.375. The third-order valence-electron chi connectivity index (χ3n) is 6.02. The van der Waals surface area contributed by atoms with Gasteiger partial charge >= 0.3 is 0 Å². The van der Waals surface area contributed by atoms with Gasteiger partial charge < -0.3 is 24.6 Å². The van der Waals surface area contributed by atoms with Crippen LogP contribution in [0.15, 0.2) is 41.4 Å². The molecule has 1 aliphatic rings. The first-order chi connectivity index (χ1) is 18.0. The number of carbonyl (C=O) groups is 1. The lowest BCUT2D eigenvalue weighted by Gasteiger charge is -2.43. The average molecular weight is 573 g/mol. The molecule has 5 atom stereocenters. The lowest BCUT2D eigenvalue weighted by atomic mass is 9.97. The molecule has 2 N–H and O–H groups in total. The first-order valence-electron chi connectivity index (χ1n) is 11.3. The quantitative estimate of drug-likeness (QED) is 0.416. The summed E-state index contributed by atoms with van der Waals surface area (Å²) in [6.07, 6.45) is -2.01. The molecule has 0 saturated carbocycles. The summed E-state index contributed by atoms with van der Waals surface area (Å²) in [5, 5.41) is 29.2.